The van der Waals surface area contributed by atoms with Crippen molar-refractivity contribution in [3.8, 4) is 0 Å². The van der Waals surface area contributed by atoms with E-state index in [1.807, 2.05) is 13.8 Å². The Morgan fingerprint density at radius 3 is 2.62 bits per heavy atom. The molecule has 13 heavy (non-hydrogen) atoms. The average Bonchev–Trinajstić information content (AvgIpc) is 2.03. The molecular formula is C9H12ClFN2. The molecule has 0 saturated heterocycles. The van der Waals surface area contributed by atoms with Crippen LogP contribution in [0.25, 0.3) is 0 Å². The Morgan fingerprint density at radius 1 is 1.54 bits per heavy atom. The Hall–Kier alpha value is -0.830. The lowest BCUT2D eigenvalue weighted by molar-refractivity contribution is 0.605. The van der Waals surface area contributed by atoms with E-state index in [1.165, 1.54) is 12.3 Å². The second-order valence-electron chi connectivity index (χ2n) is 3.16. The predicted octanol–water partition coefficient (Wildman–Crippen LogP) is 2.72. The average molecular weight is 203 g/mol. The number of anilines is 1. The summed E-state index contributed by atoms with van der Waals surface area (Å²) in [6.07, 6.45) is 1.44. The fourth-order valence-corrected chi connectivity index (χ4v) is 1.06. The molecule has 0 amide bonds. The van der Waals surface area contributed by atoms with Crippen molar-refractivity contribution in [2.24, 2.45) is 0 Å². The summed E-state index contributed by atoms with van der Waals surface area (Å²) in [4.78, 5) is 5.67. The van der Waals surface area contributed by atoms with Crippen molar-refractivity contribution >= 4 is 17.4 Å². The molecule has 4 heteroatoms. The minimum absolute atomic E-state index is 0.211. The van der Waals surface area contributed by atoms with E-state index >= 15 is 0 Å². The quantitative estimate of drug-likeness (QED) is 0.733. The van der Waals surface area contributed by atoms with Crippen LogP contribution in [-0.2, 0) is 0 Å². The molecule has 0 aliphatic heterocycles. The molecule has 0 atom stereocenters. The van der Waals surface area contributed by atoms with Crippen LogP contribution >= 0.6 is 11.6 Å². The Morgan fingerprint density at radius 2 is 2.15 bits per heavy atom. The Balaban J connectivity index is 3.01. The molecule has 2 nitrogen and oxygen atoms in total. The van der Waals surface area contributed by atoms with Crippen LogP contribution in [0, 0.1) is 5.82 Å². The van der Waals surface area contributed by atoms with E-state index in [4.69, 9.17) is 11.6 Å². The third-order valence-electron chi connectivity index (χ3n) is 1.90. The van der Waals surface area contributed by atoms with E-state index in [9.17, 15) is 4.39 Å². The van der Waals surface area contributed by atoms with Crippen molar-refractivity contribution < 1.29 is 4.39 Å². The van der Waals surface area contributed by atoms with Crippen LogP contribution in [0.4, 0.5) is 10.2 Å². The third kappa shape index (κ3) is 2.31. The Labute approximate surface area is 82.3 Å². The summed E-state index contributed by atoms with van der Waals surface area (Å²) in [5.41, 5.74) is 0. The first-order chi connectivity index (χ1) is 6.02. The summed E-state index contributed by atoms with van der Waals surface area (Å²) in [5.74, 6) is -0.0527. The van der Waals surface area contributed by atoms with Gasteiger partial charge in [-0.2, -0.15) is 0 Å². The molecule has 1 heterocycles. The molecular weight excluding hydrogens is 191 g/mol. The number of aromatic nitrogens is 1. The molecule has 72 valence electrons. The standard InChI is InChI=1S/C9H12ClFN2/c1-6(2)13(3)9-8(11)4-7(10)5-12-9/h4-6H,1-3H3. The SMILES string of the molecule is CC(C)N(C)c1ncc(Cl)cc1F. The summed E-state index contributed by atoms with van der Waals surface area (Å²) in [6.45, 7) is 3.94. The molecule has 0 aliphatic carbocycles. The first-order valence-corrected chi connectivity index (χ1v) is 4.44. The van der Waals surface area contributed by atoms with Gasteiger partial charge < -0.3 is 4.90 Å². The van der Waals surface area contributed by atoms with Crippen LogP contribution in [-0.4, -0.2) is 18.1 Å². The normalized spacial score (nSPS) is 10.6. The van der Waals surface area contributed by atoms with Gasteiger partial charge >= 0.3 is 0 Å². The molecule has 0 aliphatic rings. The molecule has 0 radical (unpaired) electrons. The minimum atomic E-state index is -0.385. The van der Waals surface area contributed by atoms with Crippen LogP contribution in [0.1, 0.15) is 13.8 Å². The van der Waals surface area contributed by atoms with Crippen molar-refractivity contribution in [3.05, 3.63) is 23.1 Å². The van der Waals surface area contributed by atoms with Crippen LogP contribution in [0.15, 0.2) is 12.3 Å². The van der Waals surface area contributed by atoms with Crippen molar-refractivity contribution in [2.45, 2.75) is 19.9 Å². The lowest BCUT2D eigenvalue weighted by Gasteiger charge is -2.22. The predicted molar refractivity (Wildman–Crippen MR) is 52.7 cm³/mol. The monoisotopic (exact) mass is 202 g/mol. The number of nitrogens with zero attached hydrogens (tertiary/aromatic N) is 2. The van der Waals surface area contributed by atoms with Crippen LogP contribution in [0.2, 0.25) is 5.02 Å². The minimum Gasteiger partial charge on any atom is -0.355 e. The Kier molecular flexibility index (Phi) is 3.09. The largest absolute Gasteiger partial charge is 0.355 e. The van der Waals surface area contributed by atoms with E-state index in [0.717, 1.165) is 0 Å². The van der Waals surface area contributed by atoms with Crippen LogP contribution < -0.4 is 4.90 Å². The first kappa shape index (κ1) is 10.3. The number of pyridine rings is 1. The van der Waals surface area contributed by atoms with Gasteiger partial charge in [0.15, 0.2) is 11.6 Å². The van der Waals surface area contributed by atoms with Gasteiger partial charge in [0, 0.05) is 19.3 Å². The van der Waals surface area contributed by atoms with Gasteiger partial charge in [-0.1, -0.05) is 11.6 Å². The van der Waals surface area contributed by atoms with Gasteiger partial charge in [0.25, 0.3) is 0 Å². The lowest BCUT2D eigenvalue weighted by Crippen LogP contribution is -2.27. The summed E-state index contributed by atoms with van der Waals surface area (Å²) in [5, 5.41) is 0.318. The van der Waals surface area contributed by atoms with Gasteiger partial charge in [-0.05, 0) is 19.9 Å². The zero-order chi connectivity index (χ0) is 10.0. The van der Waals surface area contributed by atoms with E-state index in [2.05, 4.69) is 4.98 Å². The summed E-state index contributed by atoms with van der Waals surface area (Å²) < 4.78 is 13.3. The summed E-state index contributed by atoms with van der Waals surface area (Å²) in [7, 11) is 1.80. The van der Waals surface area contributed by atoms with Gasteiger partial charge in [-0.3, -0.25) is 0 Å². The topological polar surface area (TPSA) is 16.1 Å². The molecule has 1 aromatic rings. The van der Waals surface area contributed by atoms with Crippen molar-refractivity contribution in [1.29, 1.82) is 0 Å². The fraction of sp³-hybridized carbons (Fsp3) is 0.444. The maximum atomic E-state index is 13.3. The van der Waals surface area contributed by atoms with Crippen molar-refractivity contribution in [2.75, 3.05) is 11.9 Å². The van der Waals surface area contributed by atoms with Gasteiger partial charge in [0.05, 0.1) is 5.02 Å². The number of hydrogen-bond acceptors (Lipinski definition) is 2. The molecule has 0 aromatic carbocycles. The molecule has 0 bridgehead atoms. The smallest absolute Gasteiger partial charge is 0.167 e. The second kappa shape index (κ2) is 3.92. The fourth-order valence-electron chi connectivity index (χ4n) is 0.911. The van der Waals surface area contributed by atoms with E-state index < -0.39 is 0 Å². The van der Waals surface area contributed by atoms with Crippen LogP contribution in [0.5, 0.6) is 0 Å². The number of halogens is 2. The highest BCUT2D eigenvalue weighted by Gasteiger charge is 2.11. The zero-order valence-corrected chi connectivity index (χ0v) is 8.64. The Bertz CT molecular complexity index is 302. The summed E-state index contributed by atoms with van der Waals surface area (Å²) >= 11 is 5.58. The molecule has 1 aromatic heterocycles. The molecule has 0 unspecified atom stereocenters. The maximum Gasteiger partial charge on any atom is 0.167 e. The summed E-state index contributed by atoms with van der Waals surface area (Å²) in [6, 6.07) is 1.48. The zero-order valence-electron chi connectivity index (χ0n) is 7.88. The van der Waals surface area contributed by atoms with Crippen LogP contribution in [0.3, 0.4) is 0 Å². The third-order valence-corrected chi connectivity index (χ3v) is 2.10. The van der Waals surface area contributed by atoms with Crippen molar-refractivity contribution in [1.82, 2.24) is 4.98 Å². The first-order valence-electron chi connectivity index (χ1n) is 4.06. The van der Waals surface area contributed by atoms with Gasteiger partial charge in [0.2, 0.25) is 0 Å². The molecule has 1 rings (SSSR count). The van der Waals surface area contributed by atoms with E-state index in [1.54, 1.807) is 11.9 Å². The lowest BCUT2D eigenvalue weighted by atomic mass is 10.3. The second-order valence-corrected chi connectivity index (χ2v) is 3.60. The molecule has 0 spiro atoms. The van der Waals surface area contributed by atoms with E-state index in [-0.39, 0.29) is 11.9 Å². The highest BCUT2D eigenvalue weighted by Crippen LogP contribution is 2.19. The molecule has 0 fully saturated rings. The molecule has 0 N–H and O–H groups in total. The number of rotatable bonds is 2. The highest BCUT2D eigenvalue weighted by molar-refractivity contribution is 6.30. The van der Waals surface area contributed by atoms with Crippen molar-refractivity contribution in [3.63, 3.8) is 0 Å². The van der Waals surface area contributed by atoms with Gasteiger partial charge in [-0.25, -0.2) is 9.37 Å². The molecule has 0 saturated carbocycles. The van der Waals surface area contributed by atoms with Gasteiger partial charge in [-0.15, -0.1) is 0 Å². The van der Waals surface area contributed by atoms with Gasteiger partial charge in [0.1, 0.15) is 0 Å². The highest BCUT2D eigenvalue weighted by atomic mass is 35.5. The maximum absolute atomic E-state index is 13.3. The number of hydrogen-bond donors (Lipinski definition) is 0. The van der Waals surface area contributed by atoms with E-state index in [0.29, 0.717) is 10.8 Å².